The Labute approximate surface area is 123 Å². The molecule has 0 spiro atoms. The normalized spacial score (nSPS) is 11.3. The molecule has 0 bridgehead atoms. The highest BCUT2D eigenvalue weighted by atomic mass is 32.1. The molecule has 0 aliphatic rings. The van der Waals surface area contributed by atoms with E-state index in [9.17, 15) is 4.79 Å². The highest BCUT2D eigenvalue weighted by Gasteiger charge is 2.13. The molecule has 0 saturated carbocycles. The molecule has 1 aromatic carbocycles. The summed E-state index contributed by atoms with van der Waals surface area (Å²) in [7, 11) is 0. The zero-order chi connectivity index (χ0) is 14.6. The zero-order valence-electron chi connectivity index (χ0n) is 12.1. The Bertz CT molecular complexity index is 553. The second kappa shape index (κ2) is 6.18. The summed E-state index contributed by atoms with van der Waals surface area (Å²) in [5.41, 5.74) is 2.36. The lowest BCUT2D eigenvalue weighted by Crippen LogP contribution is -2.11. The lowest BCUT2D eigenvalue weighted by atomic mass is 9.86. The number of ether oxygens (including phenoxy) is 1. The first-order valence-corrected chi connectivity index (χ1v) is 7.46. The first-order chi connectivity index (χ1) is 9.45. The molecule has 106 valence electrons. The van der Waals surface area contributed by atoms with Crippen LogP contribution in [0.3, 0.4) is 0 Å². The van der Waals surface area contributed by atoms with Crippen molar-refractivity contribution < 1.29 is 9.53 Å². The molecule has 0 aliphatic heterocycles. The summed E-state index contributed by atoms with van der Waals surface area (Å²) in [6.45, 7) is 6.77. The van der Waals surface area contributed by atoms with E-state index in [-0.39, 0.29) is 18.0 Å². The summed E-state index contributed by atoms with van der Waals surface area (Å²) in [5.74, 6) is -0.219. The lowest BCUT2D eigenvalue weighted by molar-refractivity contribution is -0.144. The smallest absolute Gasteiger partial charge is 0.310 e. The molecule has 2 aromatic rings. The maximum absolute atomic E-state index is 11.7. The van der Waals surface area contributed by atoms with Crippen LogP contribution in [-0.4, -0.2) is 11.0 Å². The molecule has 1 heterocycles. The fraction of sp³-hybridized carbons (Fsp3) is 0.375. The van der Waals surface area contributed by atoms with Crippen molar-refractivity contribution in [1.29, 1.82) is 0 Å². The van der Waals surface area contributed by atoms with Gasteiger partial charge in [0.25, 0.3) is 0 Å². The minimum Gasteiger partial charge on any atom is -0.458 e. The van der Waals surface area contributed by atoms with Crippen LogP contribution in [0, 0.1) is 0 Å². The van der Waals surface area contributed by atoms with E-state index in [2.05, 4.69) is 37.9 Å². The molecule has 20 heavy (non-hydrogen) atoms. The van der Waals surface area contributed by atoms with Gasteiger partial charge in [0.05, 0.1) is 6.42 Å². The van der Waals surface area contributed by atoms with Crippen molar-refractivity contribution in [2.75, 3.05) is 0 Å². The summed E-state index contributed by atoms with van der Waals surface area (Å²) < 4.78 is 5.20. The number of esters is 1. The number of hydrogen-bond donors (Lipinski definition) is 0. The monoisotopic (exact) mass is 289 g/mol. The molecular weight excluding hydrogens is 270 g/mol. The van der Waals surface area contributed by atoms with Crippen LogP contribution < -0.4 is 0 Å². The highest BCUT2D eigenvalue weighted by molar-refractivity contribution is 7.09. The molecule has 0 radical (unpaired) electrons. The van der Waals surface area contributed by atoms with Crippen molar-refractivity contribution in [3.05, 3.63) is 52.0 Å². The van der Waals surface area contributed by atoms with Crippen LogP contribution >= 0.6 is 11.3 Å². The minimum atomic E-state index is -0.219. The van der Waals surface area contributed by atoms with Crippen molar-refractivity contribution in [2.45, 2.75) is 39.2 Å². The second-order valence-corrected chi connectivity index (χ2v) is 6.69. The highest BCUT2D eigenvalue weighted by Crippen LogP contribution is 2.22. The fourth-order valence-electron chi connectivity index (χ4n) is 1.81. The number of rotatable bonds is 4. The first kappa shape index (κ1) is 14.7. The summed E-state index contributed by atoms with van der Waals surface area (Å²) in [6, 6.07) is 8.13. The van der Waals surface area contributed by atoms with Gasteiger partial charge in [0.15, 0.2) is 0 Å². The number of aromatic nitrogens is 1. The van der Waals surface area contributed by atoms with Gasteiger partial charge in [0.1, 0.15) is 11.6 Å². The number of carbonyl (C=O) groups is 1. The Balaban J connectivity index is 1.88. The average Bonchev–Trinajstić information content (AvgIpc) is 2.89. The standard InChI is InChI=1S/C16H19NO2S/c1-16(2,3)13-6-4-12(5-7-13)10-15(18)19-11-14-17-8-9-20-14/h4-9H,10-11H2,1-3H3. The largest absolute Gasteiger partial charge is 0.458 e. The molecule has 0 N–H and O–H groups in total. The lowest BCUT2D eigenvalue weighted by Gasteiger charge is -2.19. The van der Waals surface area contributed by atoms with Gasteiger partial charge in [-0.25, -0.2) is 4.98 Å². The van der Waals surface area contributed by atoms with Gasteiger partial charge in [-0.2, -0.15) is 0 Å². The SMILES string of the molecule is CC(C)(C)c1ccc(CC(=O)OCc2nccs2)cc1. The maximum atomic E-state index is 11.7. The Morgan fingerprint density at radius 2 is 1.95 bits per heavy atom. The van der Waals surface area contributed by atoms with Gasteiger partial charge in [0.2, 0.25) is 0 Å². The number of benzene rings is 1. The van der Waals surface area contributed by atoms with Gasteiger partial charge in [-0.05, 0) is 16.5 Å². The maximum Gasteiger partial charge on any atom is 0.310 e. The van der Waals surface area contributed by atoms with Crippen LogP contribution in [0.25, 0.3) is 0 Å². The van der Waals surface area contributed by atoms with E-state index in [4.69, 9.17) is 4.74 Å². The minimum absolute atomic E-state index is 0.129. The number of nitrogens with zero attached hydrogens (tertiary/aromatic N) is 1. The van der Waals surface area contributed by atoms with Crippen LogP contribution in [-0.2, 0) is 28.0 Å². The molecule has 4 heteroatoms. The molecule has 0 fully saturated rings. The second-order valence-electron chi connectivity index (χ2n) is 5.71. The fourth-order valence-corrected chi connectivity index (χ4v) is 2.33. The Morgan fingerprint density at radius 3 is 2.50 bits per heavy atom. The number of hydrogen-bond acceptors (Lipinski definition) is 4. The average molecular weight is 289 g/mol. The van der Waals surface area contributed by atoms with E-state index in [1.54, 1.807) is 6.20 Å². The van der Waals surface area contributed by atoms with E-state index in [0.717, 1.165) is 10.6 Å². The van der Waals surface area contributed by atoms with Crippen molar-refractivity contribution in [3.8, 4) is 0 Å². The third-order valence-corrected chi connectivity index (χ3v) is 3.76. The topological polar surface area (TPSA) is 39.2 Å². The van der Waals surface area contributed by atoms with Gasteiger partial charge in [0, 0.05) is 11.6 Å². The van der Waals surface area contributed by atoms with Gasteiger partial charge < -0.3 is 4.74 Å². The predicted molar refractivity (Wildman–Crippen MR) is 80.8 cm³/mol. The van der Waals surface area contributed by atoms with Gasteiger partial charge >= 0.3 is 5.97 Å². The molecule has 1 aromatic heterocycles. The van der Waals surface area contributed by atoms with Crippen molar-refractivity contribution in [1.82, 2.24) is 4.98 Å². The first-order valence-electron chi connectivity index (χ1n) is 6.58. The summed E-state index contributed by atoms with van der Waals surface area (Å²) in [5, 5.41) is 2.69. The van der Waals surface area contributed by atoms with E-state index in [0.29, 0.717) is 6.42 Å². The molecule has 0 aliphatic carbocycles. The molecule has 2 rings (SSSR count). The summed E-state index contributed by atoms with van der Waals surface area (Å²) >= 11 is 1.49. The van der Waals surface area contributed by atoms with E-state index >= 15 is 0 Å². The van der Waals surface area contributed by atoms with Crippen molar-refractivity contribution >= 4 is 17.3 Å². The zero-order valence-corrected chi connectivity index (χ0v) is 12.9. The third kappa shape index (κ3) is 4.17. The number of carbonyl (C=O) groups excluding carboxylic acids is 1. The van der Waals surface area contributed by atoms with Gasteiger partial charge in [-0.3, -0.25) is 4.79 Å². The van der Waals surface area contributed by atoms with E-state index in [1.165, 1.54) is 16.9 Å². The molecular formula is C16H19NO2S. The number of thiazole rings is 1. The van der Waals surface area contributed by atoms with E-state index in [1.807, 2.05) is 17.5 Å². The molecule has 0 unspecified atom stereocenters. The van der Waals surface area contributed by atoms with Crippen LogP contribution in [0.2, 0.25) is 0 Å². The Hall–Kier alpha value is -1.68. The summed E-state index contributed by atoms with van der Waals surface area (Å²) in [6.07, 6.45) is 2.01. The van der Waals surface area contributed by atoms with Crippen molar-refractivity contribution in [3.63, 3.8) is 0 Å². The van der Waals surface area contributed by atoms with Gasteiger partial charge in [-0.1, -0.05) is 45.0 Å². The van der Waals surface area contributed by atoms with Gasteiger partial charge in [-0.15, -0.1) is 11.3 Å². The molecule has 0 amide bonds. The van der Waals surface area contributed by atoms with Crippen LogP contribution in [0.1, 0.15) is 36.9 Å². The summed E-state index contributed by atoms with van der Waals surface area (Å²) in [4.78, 5) is 15.8. The Morgan fingerprint density at radius 1 is 1.25 bits per heavy atom. The van der Waals surface area contributed by atoms with Crippen molar-refractivity contribution in [2.24, 2.45) is 0 Å². The quantitative estimate of drug-likeness (QED) is 0.805. The predicted octanol–water partition coefficient (Wildman–Crippen LogP) is 3.73. The molecule has 0 atom stereocenters. The third-order valence-electron chi connectivity index (χ3n) is 3.01. The van der Waals surface area contributed by atoms with E-state index < -0.39 is 0 Å². The van der Waals surface area contributed by atoms with Crippen LogP contribution in [0.5, 0.6) is 0 Å². The molecule has 3 nitrogen and oxygen atoms in total. The van der Waals surface area contributed by atoms with Crippen LogP contribution in [0.15, 0.2) is 35.8 Å². The molecule has 0 saturated heterocycles. The Kier molecular flexibility index (Phi) is 4.55. The van der Waals surface area contributed by atoms with Crippen LogP contribution in [0.4, 0.5) is 0 Å².